The minimum Gasteiger partial charge on any atom is -0.550 e. The fraction of sp³-hybridized carbons (Fsp3) is 0.333. The Bertz CT molecular complexity index is 137. The van der Waals surface area contributed by atoms with Crippen LogP contribution in [0, 0.1) is 0 Å². The van der Waals surface area contributed by atoms with Crippen molar-refractivity contribution in [2.45, 2.75) is 12.8 Å². The van der Waals surface area contributed by atoms with Gasteiger partial charge in [0.2, 0.25) is 0 Å². The van der Waals surface area contributed by atoms with Crippen LogP contribution in [0.5, 0.6) is 0 Å². The van der Waals surface area contributed by atoms with Gasteiger partial charge in [0.15, 0.2) is 0 Å². The van der Waals surface area contributed by atoms with E-state index < -0.39 is 12.4 Å². The van der Waals surface area contributed by atoms with E-state index in [-0.39, 0.29) is 12.2 Å². The Hall–Kier alpha value is -1.12. The first-order valence-electron chi connectivity index (χ1n) is 2.49. The topological polar surface area (TPSA) is 57.2 Å². The summed E-state index contributed by atoms with van der Waals surface area (Å²) < 4.78 is 0. The van der Waals surface area contributed by atoms with Crippen LogP contribution in [0.3, 0.4) is 0 Å². The number of Topliss-reactive ketones (excluding diaryl/α,β-unsaturated/α-hetero) is 1. The quantitative estimate of drug-likeness (QED) is 0.369. The Morgan fingerprint density at radius 2 is 2.11 bits per heavy atom. The molecule has 3 nitrogen and oxygen atoms in total. The van der Waals surface area contributed by atoms with Crippen LogP contribution in [-0.2, 0) is 9.59 Å². The van der Waals surface area contributed by atoms with Gasteiger partial charge in [-0.2, -0.15) is 0 Å². The first-order chi connectivity index (χ1) is 4.16. The summed E-state index contributed by atoms with van der Waals surface area (Å²) in [7, 11) is 0. The Labute approximate surface area is 53.0 Å². The average Bonchev–Trinajstić information content (AvgIpc) is 1.63. The van der Waals surface area contributed by atoms with Crippen molar-refractivity contribution >= 4 is 11.8 Å². The van der Waals surface area contributed by atoms with Gasteiger partial charge in [0.1, 0.15) is 5.78 Å². The van der Waals surface area contributed by atoms with Crippen LogP contribution >= 0.6 is 0 Å². The molecule has 0 unspecified atom stereocenters. The van der Waals surface area contributed by atoms with Crippen LogP contribution in [0.15, 0.2) is 12.7 Å². The number of hydrogen-bond acceptors (Lipinski definition) is 3. The highest BCUT2D eigenvalue weighted by atomic mass is 16.4. The monoisotopic (exact) mass is 127 g/mol. The van der Waals surface area contributed by atoms with Gasteiger partial charge in [-0.15, -0.1) is 6.58 Å². The summed E-state index contributed by atoms with van der Waals surface area (Å²) in [6.45, 7) is 3.27. The third kappa shape index (κ3) is 4.74. The first kappa shape index (κ1) is 7.88. The third-order valence-electron chi connectivity index (χ3n) is 0.714. The minimum atomic E-state index is -1.33. The fourth-order valence-electron chi connectivity index (χ4n) is 0.394. The zero-order valence-electron chi connectivity index (χ0n) is 4.92. The zero-order chi connectivity index (χ0) is 7.28. The van der Waals surface area contributed by atoms with Crippen LogP contribution in [0.2, 0.25) is 0 Å². The molecule has 0 fully saturated rings. The van der Waals surface area contributed by atoms with Crippen LogP contribution in [0.25, 0.3) is 0 Å². The molecular formula is C6H7O3-. The van der Waals surface area contributed by atoms with E-state index in [2.05, 4.69) is 6.58 Å². The van der Waals surface area contributed by atoms with Crippen molar-refractivity contribution < 1.29 is 14.7 Å². The molecule has 0 aliphatic heterocycles. The van der Waals surface area contributed by atoms with E-state index in [9.17, 15) is 14.7 Å². The molecule has 0 N–H and O–H groups in total. The predicted octanol–water partition coefficient (Wildman–Crippen LogP) is -0.728. The number of allylic oxidation sites excluding steroid dienone is 1. The second kappa shape index (κ2) is 3.83. The van der Waals surface area contributed by atoms with Gasteiger partial charge in [0.25, 0.3) is 0 Å². The van der Waals surface area contributed by atoms with Gasteiger partial charge in [-0.3, -0.25) is 4.79 Å². The number of carbonyl (C=O) groups is 2. The van der Waals surface area contributed by atoms with Crippen LogP contribution < -0.4 is 5.11 Å². The molecule has 0 heterocycles. The minimum absolute atomic E-state index is 0.105. The number of hydrogen-bond donors (Lipinski definition) is 0. The summed E-state index contributed by atoms with van der Waals surface area (Å²) in [6, 6.07) is 0. The standard InChI is InChI=1S/C6H8O3/c1-2-3-5(7)4-6(8)9/h2H,1,3-4H2,(H,8,9)/p-1. The average molecular weight is 127 g/mol. The van der Waals surface area contributed by atoms with Crippen molar-refractivity contribution in [1.29, 1.82) is 0 Å². The molecule has 50 valence electrons. The lowest BCUT2D eigenvalue weighted by Crippen LogP contribution is -2.24. The van der Waals surface area contributed by atoms with Gasteiger partial charge in [0, 0.05) is 18.8 Å². The zero-order valence-corrected chi connectivity index (χ0v) is 4.92. The molecule has 0 rings (SSSR count). The number of carbonyl (C=O) groups excluding carboxylic acids is 2. The highest BCUT2D eigenvalue weighted by Crippen LogP contribution is 1.87. The largest absolute Gasteiger partial charge is 0.550 e. The summed E-state index contributed by atoms with van der Waals surface area (Å²) in [5.74, 6) is -1.70. The van der Waals surface area contributed by atoms with E-state index in [1.165, 1.54) is 6.08 Å². The van der Waals surface area contributed by atoms with Crippen molar-refractivity contribution in [2.75, 3.05) is 0 Å². The van der Waals surface area contributed by atoms with E-state index in [1.54, 1.807) is 0 Å². The smallest absolute Gasteiger partial charge is 0.142 e. The molecule has 0 aliphatic rings. The maximum atomic E-state index is 10.4. The summed E-state index contributed by atoms with van der Waals surface area (Å²) in [6.07, 6.45) is 0.964. The summed E-state index contributed by atoms with van der Waals surface area (Å²) >= 11 is 0. The molecule has 0 bridgehead atoms. The molecule has 0 aromatic rings. The summed E-state index contributed by atoms with van der Waals surface area (Å²) in [5.41, 5.74) is 0. The summed E-state index contributed by atoms with van der Waals surface area (Å²) in [5, 5.41) is 9.72. The van der Waals surface area contributed by atoms with E-state index in [0.29, 0.717) is 0 Å². The van der Waals surface area contributed by atoms with Gasteiger partial charge in [-0.25, -0.2) is 0 Å². The van der Waals surface area contributed by atoms with Gasteiger partial charge >= 0.3 is 0 Å². The van der Waals surface area contributed by atoms with Crippen molar-refractivity contribution in [2.24, 2.45) is 0 Å². The molecule has 0 aliphatic carbocycles. The number of ketones is 1. The first-order valence-corrected chi connectivity index (χ1v) is 2.49. The van der Waals surface area contributed by atoms with Crippen molar-refractivity contribution in [3.05, 3.63) is 12.7 Å². The maximum Gasteiger partial charge on any atom is 0.142 e. The second-order valence-electron chi connectivity index (χ2n) is 1.58. The Morgan fingerprint density at radius 1 is 1.56 bits per heavy atom. The SMILES string of the molecule is C=CCC(=O)CC(=O)[O-]. The molecule has 3 heteroatoms. The van der Waals surface area contributed by atoms with Crippen LogP contribution in [-0.4, -0.2) is 11.8 Å². The highest BCUT2D eigenvalue weighted by Gasteiger charge is 1.96. The van der Waals surface area contributed by atoms with E-state index in [1.807, 2.05) is 0 Å². The van der Waals surface area contributed by atoms with Crippen molar-refractivity contribution in [3.63, 3.8) is 0 Å². The normalized spacial score (nSPS) is 8.44. The molecule has 0 saturated heterocycles. The Balaban J connectivity index is 3.50. The molecule has 0 amide bonds. The van der Waals surface area contributed by atoms with Crippen molar-refractivity contribution in [1.82, 2.24) is 0 Å². The lowest BCUT2D eigenvalue weighted by Gasteiger charge is -1.96. The molecule has 0 aromatic carbocycles. The van der Waals surface area contributed by atoms with Gasteiger partial charge in [0.05, 0.1) is 0 Å². The van der Waals surface area contributed by atoms with Gasteiger partial charge in [-0.05, 0) is 0 Å². The fourth-order valence-corrected chi connectivity index (χ4v) is 0.394. The Morgan fingerprint density at radius 3 is 2.44 bits per heavy atom. The molecule has 0 radical (unpaired) electrons. The van der Waals surface area contributed by atoms with Crippen LogP contribution in [0.1, 0.15) is 12.8 Å². The number of carboxylic acids is 1. The lowest BCUT2D eigenvalue weighted by atomic mass is 10.2. The van der Waals surface area contributed by atoms with E-state index in [0.717, 1.165) is 0 Å². The van der Waals surface area contributed by atoms with Gasteiger partial charge in [-0.1, -0.05) is 6.08 Å². The highest BCUT2D eigenvalue weighted by molar-refractivity contribution is 5.94. The molecule has 0 saturated carbocycles. The third-order valence-corrected chi connectivity index (χ3v) is 0.714. The number of carboxylic acid groups (broad SMARTS) is 1. The summed E-state index contributed by atoms with van der Waals surface area (Å²) in [4.78, 5) is 20.1. The number of rotatable bonds is 4. The molecule has 0 atom stereocenters. The number of aliphatic carboxylic acids is 1. The molecule has 0 aromatic heterocycles. The van der Waals surface area contributed by atoms with Gasteiger partial charge < -0.3 is 9.90 Å². The predicted molar refractivity (Wildman–Crippen MR) is 29.4 cm³/mol. The molecule has 9 heavy (non-hydrogen) atoms. The molecular weight excluding hydrogens is 120 g/mol. The molecule has 0 spiro atoms. The lowest BCUT2D eigenvalue weighted by molar-refractivity contribution is -0.304. The van der Waals surface area contributed by atoms with E-state index in [4.69, 9.17) is 0 Å². The van der Waals surface area contributed by atoms with Crippen molar-refractivity contribution in [3.8, 4) is 0 Å². The maximum absolute atomic E-state index is 10.4. The Kier molecular flexibility index (Phi) is 3.35. The second-order valence-corrected chi connectivity index (χ2v) is 1.58. The van der Waals surface area contributed by atoms with Crippen LogP contribution in [0.4, 0.5) is 0 Å². The van der Waals surface area contributed by atoms with E-state index >= 15 is 0 Å².